The van der Waals surface area contributed by atoms with Crippen molar-refractivity contribution in [3.8, 4) is 0 Å². The van der Waals surface area contributed by atoms with Crippen LogP contribution in [0.3, 0.4) is 0 Å². The summed E-state index contributed by atoms with van der Waals surface area (Å²) in [6.07, 6.45) is 7.27. The minimum atomic E-state index is 0.588. The molecule has 2 rings (SSSR count). The summed E-state index contributed by atoms with van der Waals surface area (Å²) in [5.74, 6) is 1.62. The maximum Gasteiger partial charge on any atom is 0.255 e. The van der Waals surface area contributed by atoms with E-state index in [0.717, 1.165) is 23.6 Å². The molecule has 1 aliphatic carbocycles. The van der Waals surface area contributed by atoms with E-state index in [1.165, 1.54) is 19.3 Å². The number of aromatic nitrogens is 1. The van der Waals surface area contributed by atoms with Crippen molar-refractivity contribution in [2.24, 2.45) is 11.8 Å². The van der Waals surface area contributed by atoms with Crippen LogP contribution in [0.2, 0.25) is 0 Å². The third-order valence-corrected chi connectivity index (χ3v) is 5.13. The number of nitrogens with zero attached hydrogens (tertiary/aromatic N) is 1. The first kappa shape index (κ1) is 13.9. The smallest absolute Gasteiger partial charge is 0.255 e. The summed E-state index contributed by atoms with van der Waals surface area (Å²) in [5.41, 5.74) is 0. The van der Waals surface area contributed by atoms with Crippen LogP contribution in [0.15, 0.2) is 22.1 Å². The van der Waals surface area contributed by atoms with Gasteiger partial charge in [0.25, 0.3) is 5.22 Å². The lowest BCUT2D eigenvalue weighted by Gasteiger charge is -2.37. The zero-order valence-electron chi connectivity index (χ0n) is 11.6. The lowest BCUT2D eigenvalue weighted by atomic mass is 9.79. The normalized spacial score (nSPS) is 28.8. The van der Waals surface area contributed by atoms with Crippen LogP contribution in [-0.2, 0) is 0 Å². The predicted molar refractivity (Wildman–Crippen MR) is 75.8 cm³/mol. The van der Waals surface area contributed by atoms with Crippen LogP contribution < -0.4 is 5.32 Å². The van der Waals surface area contributed by atoms with E-state index in [2.05, 4.69) is 31.1 Å². The van der Waals surface area contributed by atoms with Crippen LogP contribution in [0, 0.1) is 11.8 Å². The fourth-order valence-electron chi connectivity index (χ4n) is 2.79. The molecule has 0 aromatic carbocycles. The highest BCUT2D eigenvalue weighted by Gasteiger charge is 2.32. The molecule has 3 unspecified atom stereocenters. The van der Waals surface area contributed by atoms with Crippen LogP contribution in [-0.4, -0.2) is 22.8 Å². The Balaban J connectivity index is 2.00. The summed E-state index contributed by atoms with van der Waals surface area (Å²) in [6.45, 7) is 7.90. The minimum absolute atomic E-state index is 0.588. The SMILES string of the molecule is CCNC1CCC(C(C)C)CC1Sc1ncco1. The number of hydrogen-bond donors (Lipinski definition) is 1. The van der Waals surface area contributed by atoms with Crippen molar-refractivity contribution in [3.05, 3.63) is 12.5 Å². The van der Waals surface area contributed by atoms with E-state index >= 15 is 0 Å². The second-order valence-corrected chi connectivity index (χ2v) is 6.63. The Morgan fingerprint density at radius 3 is 2.94 bits per heavy atom. The molecule has 18 heavy (non-hydrogen) atoms. The maximum absolute atomic E-state index is 5.38. The zero-order chi connectivity index (χ0) is 13.0. The van der Waals surface area contributed by atoms with Gasteiger partial charge in [0.1, 0.15) is 6.26 Å². The van der Waals surface area contributed by atoms with Gasteiger partial charge in [-0.15, -0.1) is 0 Å². The molecule has 0 aliphatic heterocycles. The van der Waals surface area contributed by atoms with Gasteiger partial charge in [0.05, 0.1) is 6.20 Å². The fraction of sp³-hybridized carbons (Fsp3) is 0.786. The molecule has 1 N–H and O–H groups in total. The number of nitrogens with one attached hydrogen (secondary N) is 1. The van der Waals surface area contributed by atoms with Crippen LogP contribution in [0.5, 0.6) is 0 Å². The van der Waals surface area contributed by atoms with Gasteiger partial charge < -0.3 is 9.73 Å². The highest BCUT2D eigenvalue weighted by Crippen LogP contribution is 2.38. The van der Waals surface area contributed by atoms with Crippen molar-refractivity contribution in [2.75, 3.05) is 6.54 Å². The van der Waals surface area contributed by atoms with E-state index in [1.807, 2.05) is 0 Å². The molecule has 0 spiro atoms. The highest BCUT2D eigenvalue weighted by atomic mass is 32.2. The van der Waals surface area contributed by atoms with E-state index in [4.69, 9.17) is 4.42 Å². The molecule has 1 aliphatic rings. The van der Waals surface area contributed by atoms with Crippen LogP contribution in [0.25, 0.3) is 0 Å². The second-order valence-electron chi connectivity index (χ2n) is 5.44. The zero-order valence-corrected chi connectivity index (χ0v) is 12.4. The topological polar surface area (TPSA) is 38.1 Å². The molecule has 4 heteroatoms. The molecule has 1 aromatic rings. The molecular weight excluding hydrogens is 244 g/mol. The summed E-state index contributed by atoms with van der Waals surface area (Å²) in [6, 6.07) is 0.599. The lowest BCUT2D eigenvalue weighted by Crippen LogP contribution is -2.43. The molecule has 3 atom stereocenters. The molecule has 3 nitrogen and oxygen atoms in total. The van der Waals surface area contributed by atoms with E-state index in [9.17, 15) is 0 Å². The third kappa shape index (κ3) is 3.51. The average Bonchev–Trinajstić information content (AvgIpc) is 2.84. The molecule has 0 radical (unpaired) electrons. The Hall–Kier alpha value is -0.480. The Labute approximate surface area is 114 Å². The number of rotatable bonds is 5. The van der Waals surface area contributed by atoms with Crippen LogP contribution >= 0.6 is 11.8 Å². The monoisotopic (exact) mass is 268 g/mol. The van der Waals surface area contributed by atoms with Gasteiger partial charge in [0, 0.05) is 11.3 Å². The molecular formula is C14H24N2OS. The fourth-order valence-corrected chi connectivity index (χ4v) is 4.02. The highest BCUT2D eigenvalue weighted by molar-refractivity contribution is 7.99. The molecule has 102 valence electrons. The van der Waals surface area contributed by atoms with E-state index in [-0.39, 0.29) is 0 Å². The standard InChI is InChI=1S/C14H24N2OS/c1-4-15-12-6-5-11(10(2)3)9-13(12)18-14-16-7-8-17-14/h7-8,10-13,15H,4-6,9H2,1-3H3. The summed E-state index contributed by atoms with van der Waals surface area (Å²) < 4.78 is 5.38. The number of oxazole rings is 1. The first-order chi connectivity index (χ1) is 8.70. The Bertz CT molecular complexity index is 340. The summed E-state index contributed by atoms with van der Waals surface area (Å²) >= 11 is 1.80. The summed E-state index contributed by atoms with van der Waals surface area (Å²) in [7, 11) is 0. The molecule has 1 aromatic heterocycles. The molecule has 1 saturated carbocycles. The van der Waals surface area contributed by atoms with E-state index < -0.39 is 0 Å². The molecule has 1 heterocycles. The molecule has 0 bridgehead atoms. The van der Waals surface area contributed by atoms with Gasteiger partial charge in [0.15, 0.2) is 0 Å². The van der Waals surface area contributed by atoms with E-state index in [1.54, 1.807) is 24.2 Å². The van der Waals surface area contributed by atoms with Crippen molar-refractivity contribution in [2.45, 2.75) is 56.5 Å². The Morgan fingerprint density at radius 1 is 1.50 bits per heavy atom. The Kier molecular flexibility index (Phi) is 5.13. The van der Waals surface area contributed by atoms with Crippen molar-refractivity contribution >= 4 is 11.8 Å². The summed E-state index contributed by atoms with van der Waals surface area (Å²) in [5, 5.41) is 5.02. The Morgan fingerprint density at radius 2 is 2.33 bits per heavy atom. The van der Waals surface area contributed by atoms with Gasteiger partial charge in [-0.1, -0.05) is 32.5 Å². The van der Waals surface area contributed by atoms with Gasteiger partial charge in [-0.25, -0.2) is 4.98 Å². The van der Waals surface area contributed by atoms with Gasteiger partial charge in [-0.3, -0.25) is 0 Å². The van der Waals surface area contributed by atoms with Gasteiger partial charge >= 0.3 is 0 Å². The minimum Gasteiger partial charge on any atom is -0.440 e. The largest absolute Gasteiger partial charge is 0.440 e. The van der Waals surface area contributed by atoms with E-state index in [0.29, 0.717) is 11.3 Å². The second kappa shape index (κ2) is 6.62. The van der Waals surface area contributed by atoms with Gasteiger partial charge in [-0.2, -0.15) is 0 Å². The summed E-state index contributed by atoms with van der Waals surface area (Å²) in [4.78, 5) is 4.24. The van der Waals surface area contributed by atoms with Crippen LogP contribution in [0.1, 0.15) is 40.0 Å². The number of thioether (sulfide) groups is 1. The molecule has 1 fully saturated rings. The van der Waals surface area contributed by atoms with Crippen molar-refractivity contribution in [1.29, 1.82) is 0 Å². The van der Waals surface area contributed by atoms with Crippen molar-refractivity contribution in [1.82, 2.24) is 10.3 Å². The van der Waals surface area contributed by atoms with Gasteiger partial charge in [-0.05, 0) is 37.6 Å². The van der Waals surface area contributed by atoms with Crippen molar-refractivity contribution < 1.29 is 4.42 Å². The van der Waals surface area contributed by atoms with Gasteiger partial charge in [0.2, 0.25) is 0 Å². The van der Waals surface area contributed by atoms with Crippen LogP contribution in [0.4, 0.5) is 0 Å². The average molecular weight is 268 g/mol. The van der Waals surface area contributed by atoms with Crippen molar-refractivity contribution in [3.63, 3.8) is 0 Å². The lowest BCUT2D eigenvalue weighted by molar-refractivity contribution is 0.246. The number of hydrogen-bond acceptors (Lipinski definition) is 4. The third-order valence-electron chi connectivity index (χ3n) is 3.90. The first-order valence-electron chi connectivity index (χ1n) is 7.00. The maximum atomic E-state index is 5.38. The quantitative estimate of drug-likeness (QED) is 0.886. The first-order valence-corrected chi connectivity index (χ1v) is 7.88. The molecule has 0 amide bonds. The molecule has 0 saturated heterocycles. The predicted octanol–water partition coefficient (Wildman–Crippen LogP) is 3.57.